The van der Waals surface area contributed by atoms with Gasteiger partial charge in [0.1, 0.15) is 17.3 Å². The first-order valence-electron chi connectivity index (χ1n) is 8.16. The quantitative estimate of drug-likeness (QED) is 0.625. The van der Waals surface area contributed by atoms with Crippen molar-refractivity contribution < 1.29 is 14.3 Å². The van der Waals surface area contributed by atoms with E-state index in [2.05, 4.69) is 15.3 Å². The molecular weight excluding hydrogens is 350 g/mol. The van der Waals surface area contributed by atoms with Gasteiger partial charge in [-0.1, -0.05) is 6.07 Å². The summed E-state index contributed by atoms with van der Waals surface area (Å²) in [5, 5.41) is 5.89. The molecule has 0 atom stereocenters. The maximum atomic E-state index is 11.9. The van der Waals surface area contributed by atoms with Crippen LogP contribution in [0.2, 0.25) is 0 Å². The molecule has 134 valence electrons. The van der Waals surface area contributed by atoms with Crippen LogP contribution >= 0.6 is 11.3 Å². The molecule has 2 heterocycles. The van der Waals surface area contributed by atoms with Crippen molar-refractivity contribution in [1.82, 2.24) is 9.97 Å². The minimum atomic E-state index is -0.367. The highest BCUT2D eigenvalue weighted by Crippen LogP contribution is 2.28. The van der Waals surface area contributed by atoms with Gasteiger partial charge in [-0.05, 0) is 44.5 Å². The Morgan fingerprint density at radius 3 is 2.81 bits per heavy atom. The zero-order valence-electron chi connectivity index (χ0n) is 14.8. The van der Waals surface area contributed by atoms with E-state index < -0.39 is 0 Å². The molecule has 1 N–H and O–H groups in total. The van der Waals surface area contributed by atoms with Crippen molar-refractivity contribution in [2.45, 2.75) is 20.8 Å². The Bertz CT molecular complexity index is 924. The Morgan fingerprint density at radius 1 is 1.23 bits per heavy atom. The Labute approximate surface area is 155 Å². The summed E-state index contributed by atoms with van der Waals surface area (Å²) in [5.41, 5.74) is 2.33. The highest BCUT2D eigenvalue weighted by molar-refractivity contribution is 7.13. The van der Waals surface area contributed by atoms with E-state index in [0.29, 0.717) is 29.5 Å². The first-order valence-corrected chi connectivity index (χ1v) is 9.04. The summed E-state index contributed by atoms with van der Waals surface area (Å²) in [6, 6.07) is 8.79. The predicted molar refractivity (Wildman–Crippen MR) is 102 cm³/mol. The third kappa shape index (κ3) is 4.37. The Kier molecular flexibility index (Phi) is 5.48. The van der Waals surface area contributed by atoms with Gasteiger partial charge in [-0.15, -0.1) is 11.3 Å². The van der Waals surface area contributed by atoms with E-state index >= 15 is 0 Å². The molecule has 0 aliphatic heterocycles. The lowest BCUT2D eigenvalue weighted by molar-refractivity contribution is 0.0526. The highest BCUT2D eigenvalue weighted by Gasteiger charge is 2.11. The number of ether oxygens (including phenoxy) is 2. The van der Waals surface area contributed by atoms with Gasteiger partial charge in [-0.25, -0.2) is 14.8 Å². The molecule has 0 radical (unpaired) electrons. The largest absolute Gasteiger partial charge is 0.462 e. The van der Waals surface area contributed by atoms with Crippen LogP contribution in [-0.4, -0.2) is 22.5 Å². The molecule has 26 heavy (non-hydrogen) atoms. The van der Waals surface area contributed by atoms with Crippen LogP contribution in [0.25, 0.3) is 0 Å². The molecule has 3 rings (SSSR count). The molecule has 1 aromatic carbocycles. The fourth-order valence-corrected chi connectivity index (χ4v) is 2.94. The molecule has 0 aliphatic carbocycles. The number of pyridine rings is 1. The molecule has 7 heteroatoms. The topological polar surface area (TPSA) is 73.3 Å². The number of benzene rings is 1. The van der Waals surface area contributed by atoms with Crippen molar-refractivity contribution in [1.29, 1.82) is 0 Å². The number of anilines is 2. The van der Waals surface area contributed by atoms with Gasteiger partial charge in [0, 0.05) is 17.6 Å². The van der Waals surface area contributed by atoms with E-state index in [1.807, 2.05) is 25.3 Å². The standard InChI is InChI=1S/C19H19N3O3S/c1-4-24-18(23)14-6-5-12(2)16(9-14)25-15-7-8-20-17(10-15)22-19-21-13(3)11-26-19/h5-11H,4H2,1-3H3,(H,20,21,22). The normalized spacial score (nSPS) is 10.4. The summed E-state index contributed by atoms with van der Waals surface area (Å²) < 4.78 is 11.0. The molecule has 0 aliphatic rings. The van der Waals surface area contributed by atoms with Crippen molar-refractivity contribution in [2.75, 3.05) is 11.9 Å². The number of nitrogens with zero attached hydrogens (tertiary/aromatic N) is 2. The molecule has 0 unspecified atom stereocenters. The van der Waals surface area contributed by atoms with Crippen LogP contribution in [-0.2, 0) is 4.74 Å². The van der Waals surface area contributed by atoms with E-state index in [0.717, 1.165) is 16.4 Å². The summed E-state index contributed by atoms with van der Waals surface area (Å²) in [6.45, 7) is 5.97. The molecule has 0 bridgehead atoms. The summed E-state index contributed by atoms with van der Waals surface area (Å²) in [4.78, 5) is 20.6. The minimum absolute atomic E-state index is 0.332. The fourth-order valence-electron chi connectivity index (χ4n) is 2.24. The van der Waals surface area contributed by atoms with Crippen molar-refractivity contribution in [3.8, 4) is 11.5 Å². The van der Waals surface area contributed by atoms with Crippen LogP contribution in [0.4, 0.5) is 10.9 Å². The number of esters is 1. The summed E-state index contributed by atoms with van der Waals surface area (Å²) in [7, 11) is 0. The number of hydrogen-bond donors (Lipinski definition) is 1. The Morgan fingerprint density at radius 2 is 2.08 bits per heavy atom. The van der Waals surface area contributed by atoms with Crippen LogP contribution in [0.5, 0.6) is 11.5 Å². The van der Waals surface area contributed by atoms with Gasteiger partial charge in [-0.2, -0.15) is 0 Å². The Balaban J connectivity index is 1.79. The zero-order chi connectivity index (χ0) is 18.5. The van der Waals surface area contributed by atoms with Crippen molar-refractivity contribution in [3.63, 3.8) is 0 Å². The van der Waals surface area contributed by atoms with Gasteiger partial charge in [0.2, 0.25) is 0 Å². The third-order valence-corrected chi connectivity index (χ3v) is 4.39. The third-order valence-electron chi connectivity index (χ3n) is 3.51. The lowest BCUT2D eigenvalue weighted by atomic mass is 10.1. The first kappa shape index (κ1) is 17.9. The molecule has 0 amide bonds. The monoisotopic (exact) mass is 369 g/mol. The lowest BCUT2D eigenvalue weighted by Crippen LogP contribution is -2.05. The second kappa shape index (κ2) is 7.97. The van der Waals surface area contributed by atoms with Gasteiger partial charge in [0.25, 0.3) is 0 Å². The van der Waals surface area contributed by atoms with Crippen molar-refractivity contribution in [2.24, 2.45) is 0 Å². The molecule has 6 nitrogen and oxygen atoms in total. The van der Waals surface area contributed by atoms with E-state index in [-0.39, 0.29) is 5.97 Å². The number of hydrogen-bond acceptors (Lipinski definition) is 7. The van der Waals surface area contributed by atoms with Crippen molar-refractivity contribution in [3.05, 3.63) is 58.7 Å². The molecule has 2 aromatic heterocycles. The number of aromatic nitrogens is 2. The number of carbonyl (C=O) groups excluding carboxylic acids is 1. The van der Waals surface area contributed by atoms with E-state index in [4.69, 9.17) is 9.47 Å². The second-order valence-corrected chi connectivity index (χ2v) is 6.46. The van der Waals surface area contributed by atoms with E-state index in [9.17, 15) is 4.79 Å². The minimum Gasteiger partial charge on any atom is -0.462 e. The molecule has 0 saturated carbocycles. The van der Waals surface area contributed by atoms with Gasteiger partial charge in [-0.3, -0.25) is 0 Å². The van der Waals surface area contributed by atoms with Gasteiger partial charge in [0.05, 0.1) is 17.9 Å². The summed E-state index contributed by atoms with van der Waals surface area (Å²) >= 11 is 1.51. The molecular formula is C19H19N3O3S. The SMILES string of the molecule is CCOC(=O)c1ccc(C)c(Oc2ccnc(Nc3nc(C)cs3)c2)c1. The van der Waals surface area contributed by atoms with Crippen LogP contribution in [0.15, 0.2) is 41.9 Å². The van der Waals surface area contributed by atoms with Gasteiger partial charge < -0.3 is 14.8 Å². The van der Waals surface area contributed by atoms with E-state index in [1.165, 1.54) is 11.3 Å². The highest BCUT2D eigenvalue weighted by atomic mass is 32.1. The first-order chi connectivity index (χ1) is 12.5. The molecule has 0 fully saturated rings. The number of rotatable bonds is 6. The average Bonchev–Trinajstić information content (AvgIpc) is 3.02. The molecule has 0 spiro atoms. The molecule has 0 saturated heterocycles. The maximum absolute atomic E-state index is 11.9. The van der Waals surface area contributed by atoms with Crippen LogP contribution in [0.3, 0.4) is 0 Å². The average molecular weight is 369 g/mol. The Hall–Kier alpha value is -2.93. The van der Waals surface area contributed by atoms with Crippen molar-refractivity contribution >= 4 is 28.3 Å². The second-order valence-electron chi connectivity index (χ2n) is 5.60. The molecule has 3 aromatic rings. The summed E-state index contributed by atoms with van der Waals surface area (Å²) in [6.07, 6.45) is 1.66. The zero-order valence-corrected chi connectivity index (χ0v) is 15.6. The van der Waals surface area contributed by atoms with E-state index in [1.54, 1.807) is 37.4 Å². The smallest absolute Gasteiger partial charge is 0.338 e. The van der Waals surface area contributed by atoms with Gasteiger partial charge in [0.15, 0.2) is 5.13 Å². The number of aryl methyl sites for hydroxylation is 2. The van der Waals surface area contributed by atoms with Crippen LogP contribution < -0.4 is 10.1 Å². The maximum Gasteiger partial charge on any atom is 0.338 e. The van der Waals surface area contributed by atoms with Crippen LogP contribution in [0, 0.1) is 13.8 Å². The lowest BCUT2D eigenvalue weighted by Gasteiger charge is -2.11. The predicted octanol–water partition coefficient (Wildman–Crippen LogP) is 4.87. The summed E-state index contributed by atoms with van der Waals surface area (Å²) in [5.74, 6) is 1.47. The van der Waals surface area contributed by atoms with Crippen LogP contribution in [0.1, 0.15) is 28.5 Å². The number of nitrogens with one attached hydrogen (secondary N) is 1. The number of thiazole rings is 1. The van der Waals surface area contributed by atoms with Gasteiger partial charge >= 0.3 is 5.97 Å². The number of carbonyl (C=O) groups is 1. The fraction of sp³-hybridized carbons (Fsp3) is 0.211.